The maximum absolute atomic E-state index is 8.75. The highest BCUT2D eigenvalue weighted by Crippen LogP contribution is 2.20. The number of aliphatic hydroxyl groups excluding tert-OH is 1. The molecule has 2 heteroatoms. The number of rotatable bonds is 3. The quantitative estimate of drug-likeness (QED) is 0.641. The minimum absolute atomic E-state index is 0.316. The lowest BCUT2D eigenvalue weighted by atomic mass is 9.96. The van der Waals surface area contributed by atoms with Gasteiger partial charge in [0, 0.05) is 19.8 Å². The van der Waals surface area contributed by atoms with E-state index < -0.39 is 0 Å². The molecular weight excluding hydrogens is 128 g/mol. The largest absolute Gasteiger partial charge is 0.396 e. The molecule has 0 aliphatic carbocycles. The summed E-state index contributed by atoms with van der Waals surface area (Å²) < 4.78 is 5.22. The SMILES string of the molecule is C[C@@H](CO)CC1CCOC1. The molecule has 2 nitrogen and oxygen atoms in total. The molecule has 1 rings (SSSR count). The van der Waals surface area contributed by atoms with Gasteiger partial charge in [-0.2, -0.15) is 0 Å². The van der Waals surface area contributed by atoms with Crippen molar-refractivity contribution in [2.75, 3.05) is 19.8 Å². The second-order valence-corrected chi connectivity index (χ2v) is 3.25. The molecule has 1 unspecified atom stereocenters. The van der Waals surface area contributed by atoms with E-state index in [2.05, 4.69) is 6.92 Å². The molecule has 0 aromatic heterocycles. The van der Waals surface area contributed by atoms with Crippen molar-refractivity contribution in [2.24, 2.45) is 11.8 Å². The minimum atomic E-state index is 0.316. The number of ether oxygens (including phenoxy) is 1. The van der Waals surface area contributed by atoms with Gasteiger partial charge in [0.25, 0.3) is 0 Å². The van der Waals surface area contributed by atoms with Gasteiger partial charge in [0.1, 0.15) is 0 Å². The van der Waals surface area contributed by atoms with Crippen molar-refractivity contribution in [3.05, 3.63) is 0 Å². The van der Waals surface area contributed by atoms with Gasteiger partial charge in [-0.3, -0.25) is 0 Å². The lowest BCUT2D eigenvalue weighted by Gasteiger charge is -2.11. The van der Waals surface area contributed by atoms with Crippen LogP contribution in [0.4, 0.5) is 0 Å². The normalized spacial score (nSPS) is 28.8. The Morgan fingerprint density at radius 2 is 2.50 bits per heavy atom. The van der Waals surface area contributed by atoms with Crippen molar-refractivity contribution in [3.63, 3.8) is 0 Å². The molecule has 1 heterocycles. The van der Waals surface area contributed by atoms with E-state index >= 15 is 0 Å². The van der Waals surface area contributed by atoms with Crippen LogP contribution in [-0.4, -0.2) is 24.9 Å². The smallest absolute Gasteiger partial charge is 0.0495 e. The summed E-state index contributed by atoms with van der Waals surface area (Å²) in [6, 6.07) is 0. The third-order valence-corrected chi connectivity index (χ3v) is 2.07. The first-order chi connectivity index (χ1) is 4.83. The van der Waals surface area contributed by atoms with Gasteiger partial charge in [0.05, 0.1) is 0 Å². The first-order valence-electron chi connectivity index (χ1n) is 4.01. The highest BCUT2D eigenvalue weighted by Gasteiger charge is 2.17. The number of hydrogen-bond acceptors (Lipinski definition) is 2. The summed E-state index contributed by atoms with van der Waals surface area (Å²) in [5, 5.41) is 8.75. The van der Waals surface area contributed by atoms with Crippen molar-refractivity contribution in [2.45, 2.75) is 19.8 Å². The van der Waals surface area contributed by atoms with Gasteiger partial charge in [-0.05, 0) is 24.7 Å². The summed E-state index contributed by atoms with van der Waals surface area (Å²) in [4.78, 5) is 0. The van der Waals surface area contributed by atoms with Crippen molar-refractivity contribution < 1.29 is 9.84 Å². The van der Waals surface area contributed by atoms with Crippen LogP contribution in [0.5, 0.6) is 0 Å². The van der Waals surface area contributed by atoms with Gasteiger partial charge in [-0.1, -0.05) is 6.92 Å². The highest BCUT2D eigenvalue weighted by atomic mass is 16.5. The van der Waals surface area contributed by atoms with Gasteiger partial charge in [-0.25, -0.2) is 0 Å². The molecule has 0 spiro atoms. The topological polar surface area (TPSA) is 29.5 Å². The van der Waals surface area contributed by atoms with Crippen LogP contribution in [0.3, 0.4) is 0 Å². The molecular formula is C8H16O2. The van der Waals surface area contributed by atoms with E-state index in [1.807, 2.05) is 0 Å². The van der Waals surface area contributed by atoms with Crippen molar-refractivity contribution in [1.29, 1.82) is 0 Å². The van der Waals surface area contributed by atoms with Gasteiger partial charge in [-0.15, -0.1) is 0 Å². The maximum atomic E-state index is 8.75. The van der Waals surface area contributed by atoms with Crippen LogP contribution in [-0.2, 0) is 4.74 Å². The Bertz CT molecular complexity index is 87.3. The Kier molecular flexibility index (Phi) is 3.16. The van der Waals surface area contributed by atoms with Crippen LogP contribution in [0, 0.1) is 11.8 Å². The summed E-state index contributed by atoms with van der Waals surface area (Å²) in [6.45, 7) is 4.22. The van der Waals surface area contributed by atoms with Gasteiger partial charge >= 0.3 is 0 Å². The molecule has 0 aromatic rings. The first-order valence-corrected chi connectivity index (χ1v) is 4.01. The maximum Gasteiger partial charge on any atom is 0.0495 e. The highest BCUT2D eigenvalue weighted by molar-refractivity contribution is 4.66. The third-order valence-electron chi connectivity index (χ3n) is 2.07. The molecule has 1 fully saturated rings. The minimum Gasteiger partial charge on any atom is -0.396 e. The Labute approximate surface area is 62.2 Å². The van der Waals surface area contributed by atoms with Crippen molar-refractivity contribution >= 4 is 0 Å². The Morgan fingerprint density at radius 3 is 3.00 bits per heavy atom. The Hall–Kier alpha value is -0.0800. The van der Waals surface area contributed by atoms with Crippen LogP contribution in [0.15, 0.2) is 0 Å². The summed E-state index contributed by atoms with van der Waals surface area (Å²) in [7, 11) is 0. The number of hydrogen-bond donors (Lipinski definition) is 1. The van der Waals surface area contributed by atoms with Crippen LogP contribution >= 0.6 is 0 Å². The summed E-state index contributed by atoms with van der Waals surface area (Å²) >= 11 is 0. The average molecular weight is 144 g/mol. The zero-order chi connectivity index (χ0) is 7.40. The van der Waals surface area contributed by atoms with Crippen LogP contribution in [0.25, 0.3) is 0 Å². The van der Waals surface area contributed by atoms with Crippen LogP contribution in [0.1, 0.15) is 19.8 Å². The molecule has 0 bridgehead atoms. The predicted octanol–water partition coefficient (Wildman–Crippen LogP) is 1.04. The predicted molar refractivity (Wildman–Crippen MR) is 39.8 cm³/mol. The molecule has 0 radical (unpaired) electrons. The molecule has 0 amide bonds. The molecule has 0 aromatic carbocycles. The lowest BCUT2D eigenvalue weighted by molar-refractivity contribution is 0.169. The van der Waals surface area contributed by atoms with E-state index in [0.717, 1.165) is 19.6 Å². The average Bonchev–Trinajstić information content (AvgIpc) is 2.40. The summed E-state index contributed by atoms with van der Waals surface area (Å²) in [5.41, 5.74) is 0. The molecule has 1 N–H and O–H groups in total. The Balaban J connectivity index is 2.11. The zero-order valence-corrected chi connectivity index (χ0v) is 6.55. The lowest BCUT2D eigenvalue weighted by Crippen LogP contribution is -2.09. The monoisotopic (exact) mass is 144 g/mol. The number of aliphatic hydroxyl groups is 1. The molecule has 0 saturated carbocycles. The van der Waals surface area contributed by atoms with Crippen molar-refractivity contribution in [1.82, 2.24) is 0 Å². The molecule has 1 aliphatic rings. The summed E-state index contributed by atoms with van der Waals surface area (Å²) in [6.07, 6.45) is 2.31. The second kappa shape index (κ2) is 3.94. The summed E-state index contributed by atoms with van der Waals surface area (Å²) in [5.74, 6) is 1.16. The molecule has 10 heavy (non-hydrogen) atoms. The van der Waals surface area contributed by atoms with E-state index in [1.165, 1.54) is 6.42 Å². The van der Waals surface area contributed by atoms with Gasteiger partial charge in [0.15, 0.2) is 0 Å². The fourth-order valence-corrected chi connectivity index (χ4v) is 1.41. The van der Waals surface area contributed by atoms with Crippen molar-refractivity contribution in [3.8, 4) is 0 Å². The van der Waals surface area contributed by atoms with Gasteiger partial charge < -0.3 is 9.84 Å². The molecule has 60 valence electrons. The van der Waals surface area contributed by atoms with E-state index in [4.69, 9.17) is 9.84 Å². The fourth-order valence-electron chi connectivity index (χ4n) is 1.41. The van der Waals surface area contributed by atoms with E-state index in [1.54, 1.807) is 0 Å². The van der Waals surface area contributed by atoms with Crippen LogP contribution in [0.2, 0.25) is 0 Å². The Morgan fingerprint density at radius 1 is 1.70 bits per heavy atom. The first kappa shape index (κ1) is 8.02. The van der Waals surface area contributed by atoms with E-state index in [-0.39, 0.29) is 0 Å². The molecule has 2 atom stereocenters. The van der Waals surface area contributed by atoms with Crippen LogP contribution < -0.4 is 0 Å². The zero-order valence-electron chi connectivity index (χ0n) is 6.55. The van der Waals surface area contributed by atoms with Gasteiger partial charge in [0.2, 0.25) is 0 Å². The van der Waals surface area contributed by atoms with E-state index in [0.29, 0.717) is 18.4 Å². The fraction of sp³-hybridized carbons (Fsp3) is 1.00. The molecule has 1 saturated heterocycles. The third kappa shape index (κ3) is 2.27. The molecule has 1 aliphatic heterocycles. The second-order valence-electron chi connectivity index (χ2n) is 3.25. The standard InChI is InChI=1S/C8H16O2/c1-7(5-9)4-8-2-3-10-6-8/h7-9H,2-6H2,1H3/t7-,8?/m1/s1. The van der Waals surface area contributed by atoms with E-state index in [9.17, 15) is 0 Å².